The number of nitrogens with one attached hydrogen (secondary N) is 1. The molecule has 1 aliphatic carbocycles. The van der Waals surface area contributed by atoms with Gasteiger partial charge in [-0.2, -0.15) is 4.98 Å². The number of methoxy groups -OCH3 is 1. The largest absolute Gasteiger partial charge is 0.497 e. The van der Waals surface area contributed by atoms with Gasteiger partial charge in [-0.15, -0.1) is 0 Å². The predicted octanol–water partition coefficient (Wildman–Crippen LogP) is 3.69. The van der Waals surface area contributed by atoms with Crippen LogP contribution in [0.4, 0.5) is 0 Å². The van der Waals surface area contributed by atoms with E-state index in [2.05, 4.69) is 41.4 Å². The van der Waals surface area contributed by atoms with Gasteiger partial charge in [-0.1, -0.05) is 11.2 Å². The van der Waals surface area contributed by atoms with Crippen molar-refractivity contribution in [2.24, 2.45) is 5.92 Å². The monoisotopic (exact) mass is 357 g/mol. The highest BCUT2D eigenvalue weighted by Gasteiger charge is 2.36. The van der Waals surface area contributed by atoms with Crippen LogP contribution >= 0.6 is 0 Å². The zero-order valence-corrected chi connectivity index (χ0v) is 15.7. The quantitative estimate of drug-likeness (QED) is 0.815. The summed E-state index contributed by atoms with van der Waals surface area (Å²) >= 11 is 0. The molecule has 1 saturated carbocycles. The summed E-state index contributed by atoms with van der Waals surface area (Å²) < 4.78 is 16.7. The molecule has 1 aromatic carbocycles. The highest BCUT2D eigenvalue weighted by atomic mass is 16.5. The summed E-state index contributed by atoms with van der Waals surface area (Å²) in [5.74, 6) is 3.24. The molecule has 1 unspecified atom stereocenters. The fraction of sp³-hybridized carbons (Fsp3) is 0.600. The lowest BCUT2D eigenvalue weighted by molar-refractivity contribution is 0.0619. The first-order chi connectivity index (χ1) is 12.7. The average molecular weight is 357 g/mol. The van der Waals surface area contributed by atoms with Crippen molar-refractivity contribution >= 4 is 0 Å². The Morgan fingerprint density at radius 1 is 1.31 bits per heavy atom. The molecule has 6 nitrogen and oxygen atoms in total. The minimum atomic E-state index is -0.0911. The van der Waals surface area contributed by atoms with Crippen LogP contribution in [0.15, 0.2) is 22.7 Å². The third-order valence-electron chi connectivity index (χ3n) is 5.49. The molecule has 2 aromatic rings. The third kappa shape index (κ3) is 3.62. The predicted molar refractivity (Wildman–Crippen MR) is 97.2 cm³/mol. The van der Waals surface area contributed by atoms with Gasteiger partial charge in [0, 0.05) is 31.0 Å². The van der Waals surface area contributed by atoms with Crippen molar-refractivity contribution in [3.05, 3.63) is 41.0 Å². The molecule has 1 aliphatic heterocycles. The highest BCUT2D eigenvalue weighted by Crippen LogP contribution is 2.40. The van der Waals surface area contributed by atoms with Crippen LogP contribution in [0.2, 0.25) is 0 Å². The summed E-state index contributed by atoms with van der Waals surface area (Å²) in [6, 6.07) is 6.48. The number of benzene rings is 1. The molecule has 6 heteroatoms. The van der Waals surface area contributed by atoms with Gasteiger partial charge in [0.05, 0.1) is 7.11 Å². The van der Waals surface area contributed by atoms with Crippen molar-refractivity contribution in [2.45, 2.75) is 51.2 Å². The second-order valence-electron chi connectivity index (χ2n) is 7.46. The summed E-state index contributed by atoms with van der Waals surface area (Å²) in [5.41, 5.74) is 2.52. The molecule has 1 aromatic heterocycles. The van der Waals surface area contributed by atoms with Crippen LogP contribution in [0, 0.1) is 12.8 Å². The smallest absolute Gasteiger partial charge is 0.256 e. The van der Waals surface area contributed by atoms with Crippen LogP contribution in [-0.2, 0) is 4.74 Å². The van der Waals surface area contributed by atoms with Gasteiger partial charge in [0.25, 0.3) is 5.89 Å². The van der Waals surface area contributed by atoms with E-state index in [1.54, 1.807) is 7.11 Å². The normalized spacial score (nSPS) is 24.0. The lowest BCUT2D eigenvalue weighted by atomic mass is 9.98. The first-order valence-corrected chi connectivity index (χ1v) is 9.48. The van der Waals surface area contributed by atoms with E-state index in [9.17, 15) is 0 Å². The molecule has 1 N–H and O–H groups in total. The molecular weight excluding hydrogens is 330 g/mol. The minimum Gasteiger partial charge on any atom is -0.497 e. The van der Waals surface area contributed by atoms with Crippen molar-refractivity contribution in [2.75, 3.05) is 20.3 Å². The average Bonchev–Trinajstić information content (AvgIpc) is 3.19. The maximum atomic E-state index is 5.90. The van der Waals surface area contributed by atoms with E-state index in [0.29, 0.717) is 17.7 Å². The van der Waals surface area contributed by atoms with Crippen LogP contribution in [0.5, 0.6) is 5.75 Å². The maximum absolute atomic E-state index is 5.90. The lowest BCUT2D eigenvalue weighted by Gasteiger charge is -2.21. The van der Waals surface area contributed by atoms with E-state index in [1.165, 1.54) is 24.0 Å². The fourth-order valence-electron chi connectivity index (χ4n) is 3.69. The van der Waals surface area contributed by atoms with E-state index in [0.717, 1.165) is 31.1 Å². The zero-order chi connectivity index (χ0) is 18.1. The van der Waals surface area contributed by atoms with E-state index in [1.807, 2.05) is 6.07 Å². The molecule has 2 aliphatic rings. The van der Waals surface area contributed by atoms with Crippen LogP contribution in [0.1, 0.15) is 67.1 Å². The van der Waals surface area contributed by atoms with Gasteiger partial charge < -0.3 is 19.3 Å². The molecule has 1 saturated heterocycles. The van der Waals surface area contributed by atoms with Crippen LogP contribution in [0.3, 0.4) is 0 Å². The Hall–Kier alpha value is -1.92. The third-order valence-corrected chi connectivity index (χ3v) is 5.49. The number of aromatic nitrogens is 2. The Bertz CT molecular complexity index is 757. The molecule has 3 atom stereocenters. The van der Waals surface area contributed by atoms with Gasteiger partial charge >= 0.3 is 0 Å². The van der Waals surface area contributed by atoms with Gasteiger partial charge in [0.2, 0.25) is 0 Å². The standard InChI is InChI=1S/C20H27N3O3/c1-12-10-16(24-3)6-7-17(12)13(2)21-11-15-8-9-25-18(15)20-22-19(23-26-20)14-4-5-14/h6-7,10,13-15,18,21H,4-5,8-9,11H2,1-3H3/t13?,15-,18-/m0/s1. The van der Waals surface area contributed by atoms with Crippen molar-refractivity contribution in [1.82, 2.24) is 15.5 Å². The lowest BCUT2D eigenvalue weighted by Crippen LogP contribution is -2.28. The Balaban J connectivity index is 1.38. The van der Waals surface area contributed by atoms with E-state index >= 15 is 0 Å². The molecule has 26 heavy (non-hydrogen) atoms. The summed E-state index contributed by atoms with van der Waals surface area (Å²) in [4.78, 5) is 4.58. The second-order valence-corrected chi connectivity index (χ2v) is 7.46. The Labute approximate surface area is 154 Å². The SMILES string of the molecule is COc1ccc(C(C)NC[C@@H]2CCO[C@@H]2c2nc(C3CC3)no2)c(C)c1. The van der Waals surface area contributed by atoms with Crippen molar-refractivity contribution in [3.63, 3.8) is 0 Å². The number of hydrogen-bond donors (Lipinski definition) is 1. The first kappa shape index (κ1) is 17.5. The number of rotatable bonds is 7. The van der Waals surface area contributed by atoms with Gasteiger partial charge in [-0.05, 0) is 56.4 Å². The Morgan fingerprint density at radius 2 is 2.15 bits per heavy atom. The van der Waals surface area contributed by atoms with Crippen molar-refractivity contribution < 1.29 is 14.0 Å². The topological polar surface area (TPSA) is 69.4 Å². The van der Waals surface area contributed by atoms with Gasteiger partial charge in [-0.25, -0.2) is 0 Å². The molecule has 2 fully saturated rings. The number of aryl methyl sites for hydroxylation is 1. The molecule has 140 valence electrons. The van der Waals surface area contributed by atoms with Crippen LogP contribution in [0.25, 0.3) is 0 Å². The molecule has 2 heterocycles. The van der Waals surface area contributed by atoms with Gasteiger partial charge in [-0.3, -0.25) is 0 Å². The molecule has 0 radical (unpaired) electrons. The summed E-state index contributed by atoms with van der Waals surface area (Å²) in [7, 11) is 1.70. The highest BCUT2D eigenvalue weighted by molar-refractivity contribution is 5.36. The first-order valence-electron chi connectivity index (χ1n) is 9.48. The molecule has 4 rings (SSSR count). The van der Waals surface area contributed by atoms with Gasteiger partial charge in [0.1, 0.15) is 11.9 Å². The van der Waals surface area contributed by atoms with Crippen molar-refractivity contribution in [3.8, 4) is 5.75 Å². The Morgan fingerprint density at radius 3 is 2.88 bits per heavy atom. The minimum absolute atomic E-state index is 0.0911. The number of hydrogen-bond acceptors (Lipinski definition) is 6. The molecular formula is C20H27N3O3. The summed E-state index contributed by atoms with van der Waals surface area (Å²) in [5, 5.41) is 7.78. The van der Waals surface area contributed by atoms with Crippen molar-refractivity contribution in [1.29, 1.82) is 0 Å². The molecule has 0 spiro atoms. The zero-order valence-electron chi connectivity index (χ0n) is 15.7. The maximum Gasteiger partial charge on any atom is 0.256 e. The van der Waals surface area contributed by atoms with Crippen LogP contribution in [-0.4, -0.2) is 30.4 Å². The van der Waals surface area contributed by atoms with E-state index in [-0.39, 0.29) is 12.1 Å². The summed E-state index contributed by atoms with van der Waals surface area (Å²) in [6.45, 7) is 5.92. The fourth-order valence-corrected chi connectivity index (χ4v) is 3.69. The second kappa shape index (κ2) is 7.37. The number of ether oxygens (including phenoxy) is 2. The summed E-state index contributed by atoms with van der Waals surface area (Å²) in [6.07, 6.45) is 3.27. The number of nitrogens with zero attached hydrogens (tertiary/aromatic N) is 2. The van der Waals surface area contributed by atoms with Gasteiger partial charge in [0.15, 0.2) is 5.82 Å². The molecule has 0 bridgehead atoms. The Kier molecular flexibility index (Phi) is 4.96. The van der Waals surface area contributed by atoms with E-state index in [4.69, 9.17) is 14.0 Å². The molecule has 0 amide bonds. The van der Waals surface area contributed by atoms with Crippen LogP contribution < -0.4 is 10.1 Å². The van der Waals surface area contributed by atoms with E-state index < -0.39 is 0 Å².